The number of rotatable bonds is 6. The predicted molar refractivity (Wildman–Crippen MR) is 70.4 cm³/mol. The molecule has 0 fully saturated rings. The Morgan fingerprint density at radius 2 is 2.06 bits per heavy atom. The molecule has 2 atom stereocenters. The summed E-state index contributed by atoms with van der Waals surface area (Å²) < 4.78 is 13.5. The van der Waals surface area contributed by atoms with Crippen LogP contribution in [0.15, 0.2) is 24.3 Å². The Morgan fingerprint density at radius 1 is 1.39 bits per heavy atom. The lowest BCUT2D eigenvalue weighted by atomic mass is 10.0. The van der Waals surface area contributed by atoms with Gasteiger partial charge in [-0.3, -0.25) is 4.79 Å². The molecule has 0 heterocycles. The van der Waals surface area contributed by atoms with E-state index in [0.717, 1.165) is 6.42 Å². The van der Waals surface area contributed by atoms with Crippen molar-refractivity contribution in [2.45, 2.75) is 32.7 Å². The molecule has 0 aromatic heterocycles. The first-order valence-corrected chi connectivity index (χ1v) is 6.28. The molecular formula is C14H21FN2O. The second kappa shape index (κ2) is 7.11. The van der Waals surface area contributed by atoms with Gasteiger partial charge < -0.3 is 11.1 Å². The van der Waals surface area contributed by atoms with Crippen LogP contribution in [0.5, 0.6) is 0 Å². The zero-order chi connectivity index (χ0) is 13.5. The molecule has 0 saturated heterocycles. The molecule has 0 radical (unpaired) electrons. The third-order valence-corrected chi connectivity index (χ3v) is 3.02. The van der Waals surface area contributed by atoms with Crippen LogP contribution in [-0.4, -0.2) is 12.5 Å². The molecule has 3 nitrogen and oxygen atoms in total. The molecule has 1 unspecified atom stereocenters. The molecule has 0 spiro atoms. The van der Waals surface area contributed by atoms with Crippen LogP contribution in [0.3, 0.4) is 0 Å². The van der Waals surface area contributed by atoms with E-state index in [-0.39, 0.29) is 17.8 Å². The van der Waals surface area contributed by atoms with Crippen LogP contribution in [0, 0.1) is 11.7 Å². The number of nitrogens with one attached hydrogen (secondary N) is 1. The van der Waals surface area contributed by atoms with Gasteiger partial charge in [0, 0.05) is 12.0 Å². The van der Waals surface area contributed by atoms with E-state index >= 15 is 0 Å². The number of carbonyl (C=O) groups excluding carboxylic acids is 1. The highest BCUT2D eigenvalue weighted by Crippen LogP contribution is 2.16. The van der Waals surface area contributed by atoms with Gasteiger partial charge in [-0.2, -0.15) is 0 Å². The number of amides is 1. The summed E-state index contributed by atoms with van der Waals surface area (Å²) >= 11 is 0. The minimum atomic E-state index is -0.313. The minimum absolute atomic E-state index is 0.0638. The zero-order valence-corrected chi connectivity index (χ0v) is 10.9. The molecule has 3 N–H and O–H groups in total. The summed E-state index contributed by atoms with van der Waals surface area (Å²) in [5.74, 6) is -0.0220. The van der Waals surface area contributed by atoms with Crippen LogP contribution in [0.2, 0.25) is 0 Å². The zero-order valence-electron chi connectivity index (χ0n) is 10.9. The molecule has 18 heavy (non-hydrogen) atoms. The summed E-state index contributed by atoms with van der Waals surface area (Å²) in [4.78, 5) is 11.7. The third-order valence-electron chi connectivity index (χ3n) is 3.02. The normalized spacial score (nSPS) is 14.0. The van der Waals surface area contributed by atoms with Crippen LogP contribution >= 0.6 is 0 Å². The Balaban J connectivity index is 2.47. The summed E-state index contributed by atoms with van der Waals surface area (Å²) in [5, 5.41) is 2.80. The molecule has 1 rings (SSSR count). The van der Waals surface area contributed by atoms with Crippen molar-refractivity contribution in [1.29, 1.82) is 0 Å². The second-order valence-electron chi connectivity index (χ2n) is 4.69. The highest BCUT2D eigenvalue weighted by Gasteiger charge is 2.13. The van der Waals surface area contributed by atoms with Crippen LogP contribution in [0.1, 0.15) is 38.3 Å². The first-order chi connectivity index (χ1) is 8.54. The lowest BCUT2D eigenvalue weighted by Gasteiger charge is -2.15. The summed E-state index contributed by atoms with van der Waals surface area (Å²) in [6, 6.07) is 6.16. The van der Waals surface area contributed by atoms with E-state index in [1.54, 1.807) is 25.1 Å². The maximum atomic E-state index is 13.5. The Labute approximate surface area is 108 Å². The van der Waals surface area contributed by atoms with Crippen molar-refractivity contribution in [3.63, 3.8) is 0 Å². The Kier molecular flexibility index (Phi) is 5.78. The fraction of sp³-hybridized carbons (Fsp3) is 0.500. The molecule has 4 heteroatoms. The van der Waals surface area contributed by atoms with Gasteiger partial charge in [0.05, 0.1) is 6.04 Å². The van der Waals surface area contributed by atoms with Crippen molar-refractivity contribution in [2.75, 3.05) is 6.54 Å². The van der Waals surface area contributed by atoms with Gasteiger partial charge in [-0.15, -0.1) is 0 Å². The smallest absolute Gasteiger partial charge is 0.220 e. The molecule has 0 saturated carbocycles. The van der Waals surface area contributed by atoms with E-state index in [4.69, 9.17) is 5.73 Å². The molecule has 0 bridgehead atoms. The van der Waals surface area contributed by atoms with Gasteiger partial charge in [-0.05, 0) is 31.9 Å². The average Bonchev–Trinajstić information content (AvgIpc) is 2.36. The molecular weight excluding hydrogens is 231 g/mol. The Hall–Kier alpha value is -1.42. The van der Waals surface area contributed by atoms with E-state index < -0.39 is 0 Å². The summed E-state index contributed by atoms with van der Waals surface area (Å²) in [5.41, 5.74) is 6.00. The number of hydrogen-bond donors (Lipinski definition) is 2. The van der Waals surface area contributed by atoms with Gasteiger partial charge in [0.15, 0.2) is 0 Å². The van der Waals surface area contributed by atoms with E-state index in [9.17, 15) is 9.18 Å². The minimum Gasteiger partial charge on any atom is -0.349 e. The van der Waals surface area contributed by atoms with E-state index in [1.807, 2.05) is 6.92 Å². The van der Waals surface area contributed by atoms with Crippen molar-refractivity contribution < 1.29 is 9.18 Å². The number of carbonyl (C=O) groups is 1. The van der Waals surface area contributed by atoms with Crippen molar-refractivity contribution in [3.05, 3.63) is 35.6 Å². The van der Waals surface area contributed by atoms with Gasteiger partial charge in [0.25, 0.3) is 0 Å². The van der Waals surface area contributed by atoms with E-state index in [2.05, 4.69) is 5.32 Å². The van der Waals surface area contributed by atoms with Crippen molar-refractivity contribution in [2.24, 2.45) is 11.7 Å². The van der Waals surface area contributed by atoms with Crippen molar-refractivity contribution in [1.82, 2.24) is 5.32 Å². The molecule has 0 aliphatic carbocycles. The number of hydrogen-bond acceptors (Lipinski definition) is 2. The molecule has 1 aromatic rings. The van der Waals surface area contributed by atoms with E-state index in [1.165, 1.54) is 6.07 Å². The lowest BCUT2D eigenvalue weighted by molar-refractivity contribution is -0.122. The standard InChI is InChI=1S/C14H21FN2O/c1-10(9-16)7-8-14(18)17-11(2)12-5-3-4-6-13(12)15/h3-6,10-11H,7-9,16H2,1-2H3,(H,17,18)/t10?,11-/m1/s1. The topological polar surface area (TPSA) is 55.1 Å². The number of benzene rings is 1. The van der Waals surface area contributed by atoms with Crippen molar-refractivity contribution in [3.8, 4) is 0 Å². The largest absolute Gasteiger partial charge is 0.349 e. The third kappa shape index (κ3) is 4.45. The lowest BCUT2D eigenvalue weighted by Crippen LogP contribution is -2.27. The van der Waals surface area contributed by atoms with Gasteiger partial charge in [-0.25, -0.2) is 4.39 Å². The molecule has 0 aliphatic rings. The second-order valence-corrected chi connectivity index (χ2v) is 4.69. The number of halogens is 1. The monoisotopic (exact) mass is 252 g/mol. The average molecular weight is 252 g/mol. The van der Waals surface area contributed by atoms with E-state index in [0.29, 0.717) is 24.4 Å². The quantitative estimate of drug-likeness (QED) is 0.816. The Bertz CT molecular complexity index is 395. The van der Waals surface area contributed by atoms with Crippen molar-refractivity contribution >= 4 is 5.91 Å². The summed E-state index contributed by atoms with van der Waals surface area (Å²) in [6.45, 7) is 4.37. The highest BCUT2D eigenvalue weighted by molar-refractivity contribution is 5.76. The van der Waals surface area contributed by atoms with Crippen LogP contribution < -0.4 is 11.1 Å². The molecule has 1 aromatic carbocycles. The summed E-state index contributed by atoms with van der Waals surface area (Å²) in [7, 11) is 0. The maximum Gasteiger partial charge on any atom is 0.220 e. The Morgan fingerprint density at radius 3 is 2.67 bits per heavy atom. The highest BCUT2D eigenvalue weighted by atomic mass is 19.1. The number of nitrogens with two attached hydrogens (primary N) is 1. The van der Waals surface area contributed by atoms with Gasteiger partial charge in [0.2, 0.25) is 5.91 Å². The fourth-order valence-electron chi connectivity index (χ4n) is 1.71. The maximum absolute atomic E-state index is 13.5. The first-order valence-electron chi connectivity index (χ1n) is 6.28. The summed E-state index contributed by atoms with van der Waals surface area (Å²) in [6.07, 6.45) is 1.18. The SMILES string of the molecule is CC(CN)CCC(=O)N[C@H](C)c1ccccc1F. The van der Waals surface area contributed by atoms with Gasteiger partial charge in [-0.1, -0.05) is 25.1 Å². The molecule has 100 valence electrons. The van der Waals surface area contributed by atoms with Crippen LogP contribution in [0.25, 0.3) is 0 Å². The van der Waals surface area contributed by atoms with Gasteiger partial charge in [0.1, 0.15) is 5.82 Å². The molecule has 0 aliphatic heterocycles. The van der Waals surface area contributed by atoms with Crippen LogP contribution in [0.4, 0.5) is 4.39 Å². The first kappa shape index (κ1) is 14.6. The fourth-order valence-corrected chi connectivity index (χ4v) is 1.71. The molecule has 1 amide bonds. The van der Waals surface area contributed by atoms with Gasteiger partial charge >= 0.3 is 0 Å². The van der Waals surface area contributed by atoms with Crippen LogP contribution in [-0.2, 0) is 4.79 Å². The predicted octanol–water partition coefficient (Wildman–Crippen LogP) is 2.38.